The largest absolute Gasteiger partial charge is 0.508 e. The number of phenolic OH excluding ortho intramolecular Hbond substituents is 1. The number of nitrogens with zero attached hydrogens (tertiary/aromatic N) is 2. The van der Waals surface area contributed by atoms with Gasteiger partial charge in [0.05, 0.1) is 17.8 Å². The third-order valence-electron chi connectivity index (χ3n) is 3.62. The van der Waals surface area contributed by atoms with E-state index in [0.717, 1.165) is 16.1 Å². The second-order valence-electron chi connectivity index (χ2n) is 5.61. The van der Waals surface area contributed by atoms with Crippen LogP contribution in [0, 0.1) is 5.82 Å². The number of benzene rings is 2. The van der Waals surface area contributed by atoms with E-state index in [1.54, 1.807) is 48.7 Å². The molecule has 0 aliphatic carbocycles. The average molecular weight is 369 g/mol. The highest BCUT2D eigenvalue weighted by molar-refractivity contribution is 7.13. The lowest BCUT2D eigenvalue weighted by molar-refractivity contribution is -0.120. The maximum Gasteiger partial charge on any atom is 0.246 e. The molecule has 0 atom stereocenters. The second kappa shape index (κ2) is 7.88. The summed E-state index contributed by atoms with van der Waals surface area (Å²) in [6, 6.07) is 12.6. The van der Waals surface area contributed by atoms with Crippen LogP contribution in [0.2, 0.25) is 0 Å². The number of amides is 1. The Morgan fingerprint density at radius 1 is 1.19 bits per heavy atom. The van der Waals surface area contributed by atoms with Crippen molar-refractivity contribution in [3.05, 3.63) is 71.0 Å². The topological polar surface area (TPSA) is 74.6 Å². The number of carbonyl (C=O) groups excluding carboxylic acids is 1. The highest BCUT2D eigenvalue weighted by Gasteiger charge is 2.09. The lowest BCUT2D eigenvalue weighted by Crippen LogP contribution is -2.21. The van der Waals surface area contributed by atoms with Crippen molar-refractivity contribution in [3.8, 4) is 16.3 Å². The van der Waals surface area contributed by atoms with E-state index in [2.05, 4.69) is 15.5 Å². The maximum absolute atomic E-state index is 13.0. The molecule has 0 aliphatic heterocycles. The third-order valence-corrected chi connectivity index (χ3v) is 4.56. The predicted molar refractivity (Wildman–Crippen MR) is 99.7 cm³/mol. The number of carbonyl (C=O) groups is 1. The van der Waals surface area contributed by atoms with Crippen LogP contribution >= 0.6 is 11.3 Å². The van der Waals surface area contributed by atoms with Crippen LogP contribution in [0.3, 0.4) is 0 Å². The molecule has 3 aromatic rings. The Morgan fingerprint density at radius 2 is 1.88 bits per heavy atom. The van der Waals surface area contributed by atoms with Gasteiger partial charge in [0.1, 0.15) is 16.6 Å². The first-order chi connectivity index (χ1) is 12.5. The number of aromatic hydroxyl groups is 1. The van der Waals surface area contributed by atoms with Crippen LogP contribution in [0.1, 0.15) is 18.2 Å². The number of hydrogen-bond acceptors (Lipinski definition) is 5. The molecular weight excluding hydrogens is 353 g/mol. The van der Waals surface area contributed by atoms with Crippen molar-refractivity contribution in [3.63, 3.8) is 0 Å². The number of thiazole rings is 1. The molecule has 0 spiro atoms. The SMILES string of the molecule is C/C(=N\NC(=O)Cc1csc(-c2ccc(F)cc2)n1)c1ccc(O)cc1. The number of hydrogen-bond donors (Lipinski definition) is 2. The van der Waals surface area contributed by atoms with Gasteiger partial charge in [0.25, 0.3) is 0 Å². The van der Waals surface area contributed by atoms with Gasteiger partial charge in [0.15, 0.2) is 0 Å². The summed E-state index contributed by atoms with van der Waals surface area (Å²) >= 11 is 1.40. The van der Waals surface area contributed by atoms with Crippen molar-refractivity contribution < 1.29 is 14.3 Å². The summed E-state index contributed by atoms with van der Waals surface area (Å²) in [5.74, 6) is -0.406. The number of phenols is 1. The molecule has 1 heterocycles. The Bertz CT molecular complexity index is 934. The zero-order valence-corrected chi connectivity index (χ0v) is 14.8. The molecule has 26 heavy (non-hydrogen) atoms. The van der Waals surface area contributed by atoms with Gasteiger partial charge in [0, 0.05) is 10.9 Å². The molecule has 0 fully saturated rings. The van der Waals surface area contributed by atoms with Gasteiger partial charge in [0.2, 0.25) is 5.91 Å². The molecule has 5 nitrogen and oxygen atoms in total. The van der Waals surface area contributed by atoms with E-state index in [-0.39, 0.29) is 23.9 Å². The van der Waals surface area contributed by atoms with Crippen molar-refractivity contribution in [2.24, 2.45) is 5.10 Å². The molecule has 0 unspecified atom stereocenters. The molecule has 1 amide bonds. The Labute approximate surface area is 153 Å². The monoisotopic (exact) mass is 369 g/mol. The first-order valence-electron chi connectivity index (χ1n) is 7.84. The summed E-state index contributed by atoms with van der Waals surface area (Å²) in [4.78, 5) is 16.5. The fraction of sp³-hybridized carbons (Fsp3) is 0.105. The minimum atomic E-state index is -0.299. The number of hydrazone groups is 1. The molecule has 2 N–H and O–H groups in total. The van der Waals surface area contributed by atoms with E-state index in [1.807, 2.05) is 0 Å². The molecule has 0 aliphatic rings. The van der Waals surface area contributed by atoms with Crippen molar-refractivity contribution in [2.75, 3.05) is 0 Å². The first kappa shape index (κ1) is 17.8. The first-order valence-corrected chi connectivity index (χ1v) is 8.72. The molecule has 1 aromatic heterocycles. The van der Waals surface area contributed by atoms with Crippen LogP contribution in [0.15, 0.2) is 59.0 Å². The minimum absolute atomic E-state index is 0.101. The smallest absolute Gasteiger partial charge is 0.246 e. The van der Waals surface area contributed by atoms with E-state index in [9.17, 15) is 14.3 Å². The Balaban J connectivity index is 1.60. The number of aromatic nitrogens is 1. The molecule has 3 rings (SSSR count). The van der Waals surface area contributed by atoms with Crippen molar-refractivity contribution >= 4 is 23.0 Å². The summed E-state index contributed by atoms with van der Waals surface area (Å²) in [5.41, 5.74) is 5.37. The minimum Gasteiger partial charge on any atom is -0.508 e. The number of rotatable bonds is 5. The lowest BCUT2D eigenvalue weighted by atomic mass is 10.1. The van der Waals surface area contributed by atoms with Crippen LogP contribution < -0.4 is 5.43 Å². The average Bonchev–Trinajstić information content (AvgIpc) is 3.09. The quantitative estimate of drug-likeness (QED) is 0.531. The van der Waals surface area contributed by atoms with Gasteiger partial charge in [-0.15, -0.1) is 11.3 Å². The number of halogens is 1. The predicted octanol–water partition coefficient (Wildman–Crippen LogP) is 3.74. The van der Waals surface area contributed by atoms with Gasteiger partial charge in [-0.25, -0.2) is 14.8 Å². The normalized spacial score (nSPS) is 11.4. The van der Waals surface area contributed by atoms with Crippen LogP contribution in [0.4, 0.5) is 4.39 Å². The van der Waals surface area contributed by atoms with Gasteiger partial charge in [-0.1, -0.05) is 0 Å². The lowest BCUT2D eigenvalue weighted by Gasteiger charge is -2.02. The van der Waals surface area contributed by atoms with Crippen molar-refractivity contribution in [2.45, 2.75) is 13.3 Å². The van der Waals surface area contributed by atoms with Gasteiger partial charge in [-0.3, -0.25) is 4.79 Å². The summed E-state index contributed by atoms with van der Waals surface area (Å²) in [6.45, 7) is 1.77. The van der Waals surface area contributed by atoms with E-state index in [1.165, 1.54) is 23.5 Å². The van der Waals surface area contributed by atoms with Crippen molar-refractivity contribution in [1.29, 1.82) is 0 Å². The fourth-order valence-electron chi connectivity index (χ4n) is 2.23. The van der Waals surface area contributed by atoms with Gasteiger partial charge in [-0.2, -0.15) is 5.10 Å². The summed E-state index contributed by atoms with van der Waals surface area (Å²) in [5, 5.41) is 15.9. The summed E-state index contributed by atoms with van der Waals surface area (Å²) in [7, 11) is 0. The molecule has 7 heteroatoms. The van der Waals surface area contributed by atoms with Crippen LogP contribution in [-0.4, -0.2) is 21.7 Å². The van der Waals surface area contributed by atoms with Gasteiger partial charge in [-0.05, 0) is 61.0 Å². The summed E-state index contributed by atoms with van der Waals surface area (Å²) in [6.07, 6.45) is 0.101. The van der Waals surface area contributed by atoms with Crippen LogP contribution in [0.5, 0.6) is 5.75 Å². The Morgan fingerprint density at radius 3 is 2.58 bits per heavy atom. The van der Waals surface area contributed by atoms with Crippen LogP contribution in [-0.2, 0) is 11.2 Å². The summed E-state index contributed by atoms with van der Waals surface area (Å²) < 4.78 is 13.0. The van der Waals surface area contributed by atoms with Gasteiger partial charge < -0.3 is 5.11 Å². The molecule has 0 saturated heterocycles. The molecular formula is C19H16FN3O2S. The Hall–Kier alpha value is -3.06. The second-order valence-corrected chi connectivity index (χ2v) is 6.46. The molecule has 0 bridgehead atoms. The fourth-order valence-corrected chi connectivity index (χ4v) is 3.06. The molecule has 0 saturated carbocycles. The zero-order valence-electron chi connectivity index (χ0n) is 13.9. The standard InChI is InChI=1S/C19H16FN3O2S/c1-12(13-4-8-17(24)9-5-13)22-23-18(25)10-16-11-26-19(21-16)14-2-6-15(20)7-3-14/h2-9,11,24H,10H2,1H3,(H,23,25)/b22-12+. The molecule has 132 valence electrons. The molecule has 2 aromatic carbocycles. The Kier molecular flexibility index (Phi) is 5.38. The van der Waals surface area contributed by atoms with Crippen LogP contribution in [0.25, 0.3) is 10.6 Å². The maximum atomic E-state index is 13.0. The van der Waals surface area contributed by atoms with Gasteiger partial charge >= 0.3 is 0 Å². The van der Waals surface area contributed by atoms with E-state index in [4.69, 9.17) is 0 Å². The van der Waals surface area contributed by atoms with E-state index < -0.39 is 0 Å². The third kappa shape index (κ3) is 4.52. The molecule has 0 radical (unpaired) electrons. The van der Waals surface area contributed by atoms with Crippen molar-refractivity contribution in [1.82, 2.24) is 10.4 Å². The zero-order chi connectivity index (χ0) is 18.5. The van der Waals surface area contributed by atoms with E-state index >= 15 is 0 Å². The highest BCUT2D eigenvalue weighted by atomic mass is 32.1. The van der Waals surface area contributed by atoms with E-state index in [0.29, 0.717) is 11.4 Å². The number of nitrogens with one attached hydrogen (secondary N) is 1. The highest BCUT2D eigenvalue weighted by Crippen LogP contribution is 2.24.